The Morgan fingerprint density at radius 2 is 1.90 bits per heavy atom. The van der Waals surface area contributed by atoms with Crippen molar-refractivity contribution in [3.05, 3.63) is 69.8 Å². The summed E-state index contributed by atoms with van der Waals surface area (Å²) < 4.78 is 0. The number of nitrogens with one attached hydrogen (secondary N) is 1. The fraction of sp³-hybridized carbons (Fsp3) is 0.0714. The summed E-state index contributed by atoms with van der Waals surface area (Å²) in [7, 11) is 0. The molecule has 102 valence electrons. The van der Waals surface area contributed by atoms with Crippen molar-refractivity contribution in [2.75, 3.05) is 5.32 Å². The Hall–Kier alpha value is -2.89. The van der Waals surface area contributed by atoms with Crippen LogP contribution in [0.1, 0.15) is 15.9 Å². The minimum absolute atomic E-state index is 0.326. The van der Waals surface area contributed by atoms with Gasteiger partial charge in [0, 0.05) is 18.3 Å². The zero-order valence-electron chi connectivity index (χ0n) is 10.4. The molecule has 0 fully saturated rings. The van der Waals surface area contributed by atoms with Crippen LogP contribution in [0.3, 0.4) is 0 Å². The third-order valence-electron chi connectivity index (χ3n) is 2.76. The summed E-state index contributed by atoms with van der Waals surface area (Å²) in [6.45, 7) is 0.512. The average Bonchev–Trinajstić information content (AvgIpc) is 2.45. The Morgan fingerprint density at radius 1 is 1.20 bits per heavy atom. The van der Waals surface area contributed by atoms with Crippen LogP contribution in [0.25, 0.3) is 0 Å². The van der Waals surface area contributed by atoms with Crippen LogP contribution in [-0.4, -0.2) is 16.0 Å². The van der Waals surface area contributed by atoms with E-state index in [1.54, 1.807) is 0 Å². The van der Waals surface area contributed by atoms with Crippen LogP contribution in [0, 0.1) is 10.1 Å². The summed E-state index contributed by atoms with van der Waals surface area (Å²) in [5.41, 5.74) is 0.815. The van der Waals surface area contributed by atoms with Gasteiger partial charge in [0.1, 0.15) is 5.56 Å². The topological polar surface area (TPSA) is 92.5 Å². The highest BCUT2D eigenvalue weighted by Gasteiger charge is 2.19. The van der Waals surface area contributed by atoms with Crippen molar-refractivity contribution in [3.63, 3.8) is 0 Å². The van der Waals surface area contributed by atoms with Crippen molar-refractivity contribution in [2.45, 2.75) is 6.54 Å². The molecule has 0 atom stereocenters. The van der Waals surface area contributed by atoms with E-state index >= 15 is 0 Å². The Morgan fingerprint density at radius 3 is 2.50 bits per heavy atom. The number of carboxylic acid groups (broad SMARTS) is 1. The van der Waals surface area contributed by atoms with E-state index in [1.165, 1.54) is 18.2 Å². The highest BCUT2D eigenvalue weighted by Crippen LogP contribution is 2.23. The van der Waals surface area contributed by atoms with Crippen LogP contribution in [0.2, 0.25) is 0 Å². The van der Waals surface area contributed by atoms with E-state index in [2.05, 4.69) is 5.32 Å². The minimum Gasteiger partial charge on any atom is -0.477 e. The van der Waals surface area contributed by atoms with Crippen LogP contribution in [0.5, 0.6) is 0 Å². The number of hydrogen-bond acceptors (Lipinski definition) is 4. The van der Waals surface area contributed by atoms with E-state index in [9.17, 15) is 14.9 Å². The fourth-order valence-corrected chi connectivity index (χ4v) is 1.78. The largest absolute Gasteiger partial charge is 0.477 e. The van der Waals surface area contributed by atoms with Gasteiger partial charge in [0.2, 0.25) is 0 Å². The molecule has 0 unspecified atom stereocenters. The lowest BCUT2D eigenvalue weighted by Gasteiger charge is -2.07. The second-order valence-electron chi connectivity index (χ2n) is 4.13. The lowest BCUT2D eigenvalue weighted by molar-refractivity contribution is -0.385. The highest BCUT2D eigenvalue weighted by atomic mass is 16.6. The van der Waals surface area contributed by atoms with Crippen molar-refractivity contribution >= 4 is 17.3 Å². The molecule has 2 aromatic rings. The minimum atomic E-state index is -1.32. The summed E-state index contributed by atoms with van der Waals surface area (Å²) in [5, 5.41) is 22.8. The van der Waals surface area contributed by atoms with Crippen molar-refractivity contribution in [1.29, 1.82) is 0 Å². The molecule has 20 heavy (non-hydrogen) atoms. The van der Waals surface area contributed by atoms with Gasteiger partial charge in [-0.3, -0.25) is 10.1 Å². The van der Waals surface area contributed by atoms with Gasteiger partial charge < -0.3 is 10.4 Å². The zero-order chi connectivity index (χ0) is 14.5. The monoisotopic (exact) mass is 272 g/mol. The van der Waals surface area contributed by atoms with Crippen LogP contribution in [0.4, 0.5) is 11.4 Å². The van der Waals surface area contributed by atoms with Crippen molar-refractivity contribution in [3.8, 4) is 0 Å². The molecule has 0 aromatic heterocycles. The predicted octanol–water partition coefficient (Wildman–Crippen LogP) is 2.91. The van der Waals surface area contributed by atoms with Gasteiger partial charge in [0.25, 0.3) is 5.69 Å². The molecule has 2 aromatic carbocycles. The molecule has 0 saturated carbocycles. The molecule has 0 heterocycles. The van der Waals surface area contributed by atoms with Gasteiger partial charge in [-0.2, -0.15) is 0 Å². The number of nitrogens with zero attached hydrogens (tertiary/aromatic N) is 1. The predicted molar refractivity (Wildman–Crippen MR) is 73.8 cm³/mol. The molecule has 0 radical (unpaired) electrons. The summed E-state index contributed by atoms with van der Waals surface area (Å²) in [6.07, 6.45) is 0. The first-order valence-electron chi connectivity index (χ1n) is 5.87. The standard InChI is InChI=1S/C14H12N2O4/c17-14(18)12-8-11(6-7-13(12)16(19)20)15-9-10-4-2-1-3-5-10/h1-8,15H,9H2,(H,17,18). The first kappa shape index (κ1) is 13.5. The molecule has 0 amide bonds. The van der Waals surface area contributed by atoms with Gasteiger partial charge in [-0.15, -0.1) is 0 Å². The fourth-order valence-electron chi connectivity index (χ4n) is 1.78. The van der Waals surface area contributed by atoms with E-state index < -0.39 is 16.6 Å². The van der Waals surface area contributed by atoms with E-state index in [0.29, 0.717) is 12.2 Å². The van der Waals surface area contributed by atoms with Crippen molar-refractivity contribution in [1.82, 2.24) is 0 Å². The highest BCUT2D eigenvalue weighted by molar-refractivity contribution is 5.93. The molecule has 6 nitrogen and oxygen atoms in total. The zero-order valence-corrected chi connectivity index (χ0v) is 10.4. The SMILES string of the molecule is O=C(O)c1cc(NCc2ccccc2)ccc1[N+](=O)[O-]. The van der Waals surface area contributed by atoms with E-state index in [-0.39, 0.29) is 5.56 Å². The van der Waals surface area contributed by atoms with Gasteiger partial charge >= 0.3 is 5.97 Å². The van der Waals surface area contributed by atoms with E-state index in [0.717, 1.165) is 5.56 Å². The maximum Gasteiger partial charge on any atom is 0.342 e. The van der Waals surface area contributed by atoms with Crippen LogP contribution in [0.15, 0.2) is 48.5 Å². The van der Waals surface area contributed by atoms with Crippen LogP contribution >= 0.6 is 0 Å². The number of nitro benzene ring substituents is 1. The summed E-state index contributed by atoms with van der Waals surface area (Å²) in [5.74, 6) is -1.32. The van der Waals surface area contributed by atoms with Gasteiger partial charge in [0.05, 0.1) is 4.92 Å². The van der Waals surface area contributed by atoms with Crippen LogP contribution < -0.4 is 5.32 Å². The maximum atomic E-state index is 11.0. The summed E-state index contributed by atoms with van der Waals surface area (Å²) >= 11 is 0. The van der Waals surface area contributed by atoms with E-state index in [4.69, 9.17) is 5.11 Å². The average molecular weight is 272 g/mol. The number of benzene rings is 2. The molecule has 0 spiro atoms. The lowest BCUT2D eigenvalue weighted by atomic mass is 10.1. The Kier molecular flexibility index (Phi) is 3.95. The molecule has 2 rings (SSSR count). The van der Waals surface area contributed by atoms with Crippen molar-refractivity contribution < 1.29 is 14.8 Å². The number of aromatic carboxylic acids is 1. The normalized spacial score (nSPS) is 10.0. The van der Waals surface area contributed by atoms with Gasteiger partial charge in [-0.1, -0.05) is 30.3 Å². The first-order chi connectivity index (χ1) is 9.58. The van der Waals surface area contributed by atoms with Gasteiger partial charge in [-0.25, -0.2) is 4.79 Å². The molecule has 0 aliphatic heterocycles. The van der Waals surface area contributed by atoms with Crippen LogP contribution in [-0.2, 0) is 6.54 Å². The first-order valence-corrected chi connectivity index (χ1v) is 5.87. The Balaban J connectivity index is 2.19. The van der Waals surface area contributed by atoms with Gasteiger partial charge in [0.15, 0.2) is 0 Å². The van der Waals surface area contributed by atoms with Crippen molar-refractivity contribution in [2.24, 2.45) is 0 Å². The number of nitro groups is 1. The Labute approximate surface area is 114 Å². The molecule has 0 aliphatic rings. The number of anilines is 1. The number of carbonyl (C=O) groups is 1. The molecular weight excluding hydrogens is 260 g/mol. The van der Waals surface area contributed by atoms with Gasteiger partial charge in [-0.05, 0) is 17.7 Å². The third-order valence-corrected chi connectivity index (χ3v) is 2.76. The molecule has 2 N–H and O–H groups in total. The second-order valence-corrected chi connectivity index (χ2v) is 4.13. The Bertz CT molecular complexity index is 641. The third kappa shape index (κ3) is 3.11. The molecule has 0 saturated heterocycles. The summed E-state index contributed by atoms with van der Waals surface area (Å²) in [4.78, 5) is 21.1. The lowest BCUT2D eigenvalue weighted by Crippen LogP contribution is -2.05. The quantitative estimate of drug-likeness (QED) is 0.644. The number of hydrogen-bond donors (Lipinski definition) is 2. The molecule has 0 bridgehead atoms. The second kappa shape index (κ2) is 5.83. The molecule has 0 aliphatic carbocycles. The summed E-state index contributed by atoms with van der Waals surface area (Å²) in [6, 6.07) is 13.5. The number of carboxylic acids is 1. The number of rotatable bonds is 5. The molecular formula is C14H12N2O4. The molecule has 6 heteroatoms. The van der Waals surface area contributed by atoms with E-state index in [1.807, 2.05) is 30.3 Å². The maximum absolute atomic E-state index is 11.0. The smallest absolute Gasteiger partial charge is 0.342 e.